The van der Waals surface area contributed by atoms with Crippen molar-refractivity contribution in [1.29, 1.82) is 0 Å². The van der Waals surface area contributed by atoms with Crippen LogP contribution in [0.2, 0.25) is 0 Å². The van der Waals surface area contributed by atoms with Crippen molar-refractivity contribution in [2.24, 2.45) is 4.99 Å². The van der Waals surface area contributed by atoms with E-state index in [-0.39, 0.29) is 20.7 Å². The van der Waals surface area contributed by atoms with Crippen molar-refractivity contribution in [3.8, 4) is 0 Å². The van der Waals surface area contributed by atoms with E-state index in [1.165, 1.54) is 0 Å². The quantitative estimate of drug-likeness (QED) is 0.718. The molecule has 62 valence electrons. The topological polar surface area (TPSA) is 21.6 Å². The number of ether oxygens (including phenoxy) is 1. The van der Waals surface area contributed by atoms with E-state index < -0.39 is 0 Å². The minimum Gasteiger partial charge on any atom is -0.342 e. The molecule has 0 saturated carbocycles. The average molecular weight is 265 g/mol. The highest BCUT2D eigenvalue weighted by molar-refractivity contribution is 14.2. The van der Waals surface area contributed by atoms with Crippen LogP contribution in [-0.2, 0) is 4.74 Å². The van der Waals surface area contributed by atoms with Crippen LogP contribution in [0.25, 0.3) is 0 Å². The van der Waals surface area contributed by atoms with Crippen molar-refractivity contribution in [1.82, 2.24) is 0 Å². The van der Waals surface area contributed by atoms with Gasteiger partial charge in [-0.05, 0) is 10.5 Å². The summed E-state index contributed by atoms with van der Waals surface area (Å²) in [6, 6.07) is 0. The van der Waals surface area contributed by atoms with Gasteiger partial charge in [0.05, 0.1) is 5.71 Å². The lowest BCUT2D eigenvalue weighted by Crippen LogP contribution is -2.14. The fourth-order valence-corrected chi connectivity index (χ4v) is 2.55. The van der Waals surface area contributed by atoms with Crippen LogP contribution in [0, 0.1) is 0 Å². The monoisotopic (exact) mass is 265 g/mol. The molecule has 1 heterocycles. The van der Waals surface area contributed by atoms with Gasteiger partial charge in [0.2, 0.25) is 0 Å². The minimum absolute atomic E-state index is 0.0208. The summed E-state index contributed by atoms with van der Waals surface area (Å²) >= 11 is -0.0208. The lowest BCUT2D eigenvalue weighted by molar-refractivity contribution is 0.422. The highest BCUT2D eigenvalue weighted by Crippen LogP contribution is 2.13. The molecule has 0 aromatic heterocycles. The molecule has 11 heavy (non-hydrogen) atoms. The van der Waals surface area contributed by atoms with Crippen LogP contribution in [0.1, 0.15) is 19.8 Å². The number of rotatable bonds is 3. The Hall–Kier alpha value is -0.0300. The van der Waals surface area contributed by atoms with Gasteiger partial charge >= 0.3 is 0 Å². The molecule has 0 bridgehead atoms. The highest BCUT2D eigenvalue weighted by Gasteiger charge is 2.06. The second-order valence-electron chi connectivity index (χ2n) is 2.19. The Morgan fingerprint density at radius 2 is 2.45 bits per heavy atom. The van der Waals surface area contributed by atoms with Crippen molar-refractivity contribution in [3.05, 3.63) is 10.3 Å². The summed E-state index contributed by atoms with van der Waals surface area (Å²) < 4.78 is 8.49. The predicted molar refractivity (Wildman–Crippen MR) is 57.5 cm³/mol. The second kappa shape index (κ2) is 4.77. The molecule has 0 N–H and O–H groups in total. The number of nitrogens with zero attached hydrogens (tertiary/aromatic N) is 1. The first kappa shape index (κ1) is 9.06. The third-order valence-corrected chi connectivity index (χ3v) is 3.65. The molecule has 3 heteroatoms. The maximum Gasteiger partial charge on any atom is 0.128 e. The van der Waals surface area contributed by atoms with Gasteiger partial charge in [0.25, 0.3) is 0 Å². The Bertz CT molecular complexity index is 218. The molecule has 0 spiro atoms. The minimum atomic E-state index is -0.0208. The molecule has 0 saturated heterocycles. The van der Waals surface area contributed by atoms with E-state index in [0.717, 1.165) is 22.2 Å². The molecule has 0 amide bonds. The van der Waals surface area contributed by atoms with Crippen LogP contribution in [0.5, 0.6) is 0 Å². The van der Waals surface area contributed by atoms with Gasteiger partial charge in [0.1, 0.15) is 3.69 Å². The summed E-state index contributed by atoms with van der Waals surface area (Å²) in [5, 5.41) is 0. The molecule has 1 rings (SSSR count). The lowest BCUT2D eigenvalue weighted by atomic mass is 10.2. The number of halogens is 1. The van der Waals surface area contributed by atoms with Gasteiger partial charge in [0, 0.05) is 13.3 Å². The van der Waals surface area contributed by atoms with Crippen LogP contribution in [0.4, 0.5) is 0 Å². The van der Waals surface area contributed by atoms with Crippen molar-refractivity contribution in [2.75, 3.05) is 7.11 Å². The first-order valence-corrected chi connectivity index (χ1v) is 5.97. The van der Waals surface area contributed by atoms with Gasteiger partial charge in [-0.3, -0.25) is 4.99 Å². The van der Waals surface area contributed by atoms with Crippen molar-refractivity contribution in [3.63, 3.8) is 0 Å². The van der Waals surface area contributed by atoms with E-state index in [1.54, 1.807) is 7.11 Å². The number of hydrogen-bond donors (Lipinski definition) is 0. The summed E-state index contributed by atoms with van der Waals surface area (Å²) in [6.45, 7) is 2.16. The normalized spacial score (nSPS) is 16.9. The van der Waals surface area contributed by atoms with E-state index in [0.29, 0.717) is 0 Å². The van der Waals surface area contributed by atoms with Gasteiger partial charge in [-0.15, -0.1) is 0 Å². The molecule has 0 aliphatic carbocycles. The van der Waals surface area contributed by atoms with Gasteiger partial charge in [-0.2, -0.15) is 0 Å². The highest BCUT2D eigenvalue weighted by atomic mass is 127. The Morgan fingerprint density at radius 1 is 1.64 bits per heavy atom. The van der Waals surface area contributed by atoms with Crippen molar-refractivity contribution < 1.29 is 4.74 Å². The summed E-state index contributed by atoms with van der Waals surface area (Å²) in [4.78, 5) is 4.27. The number of aliphatic imine (C=N–C) groups is 1. The fraction of sp³-hybridized carbons (Fsp3) is 0.500. The van der Waals surface area contributed by atoms with Crippen LogP contribution in [0.3, 0.4) is 0 Å². The molecule has 2 nitrogen and oxygen atoms in total. The number of hydrogen-bond acceptors (Lipinski definition) is 2. The van der Waals surface area contributed by atoms with E-state index in [2.05, 4.69) is 16.0 Å². The van der Waals surface area contributed by atoms with E-state index in [9.17, 15) is 0 Å². The fourth-order valence-electron chi connectivity index (χ4n) is 0.879. The van der Waals surface area contributed by atoms with Crippen LogP contribution >= 0.6 is 20.7 Å². The molecule has 0 atom stereocenters. The molecule has 0 radical (unpaired) electrons. The van der Waals surface area contributed by atoms with Gasteiger partial charge in [0.15, 0.2) is 0 Å². The summed E-state index contributed by atoms with van der Waals surface area (Å²) in [5.74, 6) is 0. The molecule has 0 aromatic carbocycles. The van der Waals surface area contributed by atoms with Crippen molar-refractivity contribution >= 4 is 30.1 Å². The van der Waals surface area contributed by atoms with Crippen LogP contribution < -0.4 is 0 Å². The van der Waals surface area contributed by atoms with Gasteiger partial charge < -0.3 is 4.74 Å². The summed E-state index contributed by atoms with van der Waals surface area (Å²) in [7, 11) is 1.74. The lowest BCUT2D eigenvalue weighted by Gasteiger charge is -2.07. The smallest absolute Gasteiger partial charge is 0.128 e. The zero-order valence-corrected chi connectivity index (χ0v) is 8.96. The SMILES string of the molecule is CCCC1=NC=CI=C1OC. The van der Waals surface area contributed by atoms with Gasteiger partial charge in [-0.1, -0.05) is 34.1 Å². The zero-order valence-electron chi connectivity index (χ0n) is 6.80. The third kappa shape index (κ3) is 2.48. The van der Waals surface area contributed by atoms with E-state index in [4.69, 9.17) is 4.74 Å². The molecular weight excluding hydrogens is 253 g/mol. The molecular formula is C8H12INO. The van der Waals surface area contributed by atoms with E-state index >= 15 is 0 Å². The number of methoxy groups -OCH3 is 1. The van der Waals surface area contributed by atoms with Crippen LogP contribution in [-0.4, -0.2) is 16.5 Å². The third-order valence-electron chi connectivity index (χ3n) is 1.34. The summed E-state index contributed by atoms with van der Waals surface area (Å²) in [5.41, 5.74) is 1.16. The summed E-state index contributed by atoms with van der Waals surface area (Å²) in [6.07, 6.45) is 4.09. The second-order valence-corrected chi connectivity index (χ2v) is 4.51. The van der Waals surface area contributed by atoms with Crippen molar-refractivity contribution in [2.45, 2.75) is 19.8 Å². The standard InChI is InChI=1S/C8H12INO/c1-3-4-7-8(11-2)9-5-6-10-7/h5-6H,3-4H2,1-2H3. The molecule has 1 aliphatic rings. The Balaban J connectivity index is 2.69. The Morgan fingerprint density at radius 3 is 3.09 bits per heavy atom. The van der Waals surface area contributed by atoms with Gasteiger partial charge in [-0.25, -0.2) is 0 Å². The zero-order chi connectivity index (χ0) is 8.10. The predicted octanol–water partition coefficient (Wildman–Crippen LogP) is 2.46. The first-order chi connectivity index (χ1) is 5.38. The first-order valence-electron chi connectivity index (χ1n) is 3.65. The Kier molecular flexibility index (Phi) is 3.93. The largest absolute Gasteiger partial charge is 0.342 e. The molecule has 0 fully saturated rings. The van der Waals surface area contributed by atoms with E-state index in [1.807, 2.05) is 6.20 Å². The Labute approximate surface area is 77.1 Å². The molecule has 1 aliphatic heterocycles. The molecule has 0 unspecified atom stereocenters. The maximum atomic E-state index is 5.24. The maximum absolute atomic E-state index is 5.24. The van der Waals surface area contributed by atoms with Crippen LogP contribution in [0.15, 0.2) is 15.3 Å². The molecule has 0 aromatic rings. The average Bonchev–Trinajstić information content (AvgIpc) is 2.06.